The standard InChI is InChI=1S/C18H15FN2O4/c19-13-6-2-1-5-12(13)16(21-15-7-3-4-8-20-15)18-17(24)14(23)9-11(10-22)25-18/h1-9,16,22,24H,10H2,(H,20,21)/p+1/t16-/m0/s1. The van der Waals surface area contributed by atoms with E-state index >= 15 is 0 Å². The number of rotatable bonds is 5. The van der Waals surface area contributed by atoms with Crippen LogP contribution < -0.4 is 15.7 Å². The lowest BCUT2D eigenvalue weighted by Gasteiger charge is -2.16. The molecule has 0 aliphatic heterocycles. The second kappa shape index (κ2) is 7.14. The maximum atomic E-state index is 14.3. The quantitative estimate of drug-likeness (QED) is 0.658. The van der Waals surface area contributed by atoms with E-state index in [2.05, 4.69) is 10.3 Å². The Morgan fingerprint density at radius 1 is 1.20 bits per heavy atom. The number of pyridine rings is 1. The molecule has 0 unspecified atom stereocenters. The van der Waals surface area contributed by atoms with E-state index in [0.29, 0.717) is 5.82 Å². The van der Waals surface area contributed by atoms with Gasteiger partial charge >= 0.3 is 0 Å². The third-order valence-corrected chi connectivity index (χ3v) is 3.64. The number of hydrogen-bond donors (Lipinski definition) is 3. The second-order valence-corrected chi connectivity index (χ2v) is 5.32. The maximum absolute atomic E-state index is 14.3. The van der Waals surface area contributed by atoms with E-state index in [9.17, 15) is 19.4 Å². The number of aromatic nitrogens is 1. The van der Waals surface area contributed by atoms with Gasteiger partial charge in [-0.25, -0.2) is 9.37 Å². The zero-order valence-corrected chi connectivity index (χ0v) is 13.1. The second-order valence-electron chi connectivity index (χ2n) is 5.32. The number of hydrogen-bond acceptors (Lipinski definition) is 5. The summed E-state index contributed by atoms with van der Waals surface area (Å²) in [6.45, 7) is -0.524. The van der Waals surface area contributed by atoms with Crippen LogP contribution in [0.1, 0.15) is 23.1 Å². The number of aliphatic hydroxyl groups excluding tert-OH is 1. The molecule has 0 aliphatic carbocycles. The molecular formula is C18H16FN2O4+. The Hall–Kier alpha value is -3.19. The zero-order chi connectivity index (χ0) is 17.8. The molecule has 0 spiro atoms. The van der Waals surface area contributed by atoms with E-state index in [1.54, 1.807) is 30.5 Å². The van der Waals surface area contributed by atoms with Crippen molar-refractivity contribution in [2.75, 3.05) is 5.32 Å². The number of aromatic hydroxyl groups is 1. The minimum Gasteiger partial charge on any atom is -0.502 e. The fourth-order valence-corrected chi connectivity index (χ4v) is 2.46. The minimum atomic E-state index is -0.987. The molecule has 1 aromatic carbocycles. The van der Waals surface area contributed by atoms with Crippen LogP contribution in [0.15, 0.2) is 63.9 Å². The van der Waals surface area contributed by atoms with Gasteiger partial charge in [-0.3, -0.25) is 10.1 Å². The number of anilines is 1. The molecule has 6 nitrogen and oxygen atoms in total. The molecule has 3 aromatic rings. The third kappa shape index (κ3) is 3.51. The number of halogens is 1. The SMILES string of the molecule is O=c1cc(CO)oc([C@@H](Nc2cccc[nH+]2)c2ccccc2F)c1O. The van der Waals surface area contributed by atoms with Crippen LogP contribution in [0.3, 0.4) is 0 Å². The van der Waals surface area contributed by atoms with Crippen LogP contribution >= 0.6 is 0 Å². The summed E-state index contributed by atoms with van der Waals surface area (Å²) < 4.78 is 19.8. The van der Waals surface area contributed by atoms with Gasteiger partial charge in [0.25, 0.3) is 5.82 Å². The minimum absolute atomic E-state index is 0.0296. The topological polar surface area (TPSA) is 96.8 Å². The molecular weight excluding hydrogens is 327 g/mol. The van der Waals surface area contributed by atoms with Gasteiger partial charge in [0.2, 0.25) is 11.2 Å². The van der Waals surface area contributed by atoms with E-state index < -0.39 is 29.6 Å². The molecule has 2 aromatic heterocycles. The van der Waals surface area contributed by atoms with Crippen LogP contribution in [0.5, 0.6) is 5.75 Å². The monoisotopic (exact) mass is 343 g/mol. The van der Waals surface area contributed by atoms with Crippen LogP contribution in [-0.4, -0.2) is 10.2 Å². The highest BCUT2D eigenvalue weighted by molar-refractivity contribution is 5.43. The predicted molar refractivity (Wildman–Crippen MR) is 87.4 cm³/mol. The summed E-state index contributed by atoms with van der Waals surface area (Å²) in [6.07, 6.45) is 1.67. The Bertz CT molecular complexity index is 928. The lowest BCUT2D eigenvalue weighted by molar-refractivity contribution is -0.361. The van der Waals surface area contributed by atoms with Crippen molar-refractivity contribution in [2.24, 2.45) is 0 Å². The highest BCUT2D eigenvalue weighted by atomic mass is 19.1. The Labute approximate surface area is 142 Å². The molecule has 1 atom stereocenters. The first kappa shape index (κ1) is 16.7. The molecule has 3 rings (SSSR count). The Morgan fingerprint density at radius 3 is 2.64 bits per heavy atom. The highest BCUT2D eigenvalue weighted by Gasteiger charge is 2.29. The van der Waals surface area contributed by atoms with Gasteiger partial charge in [-0.1, -0.05) is 24.3 Å². The van der Waals surface area contributed by atoms with Crippen molar-refractivity contribution in [1.82, 2.24) is 0 Å². The van der Waals surface area contributed by atoms with E-state index in [1.807, 2.05) is 0 Å². The lowest BCUT2D eigenvalue weighted by Crippen LogP contribution is -2.21. The summed E-state index contributed by atoms with van der Waals surface area (Å²) in [5.41, 5.74) is -0.543. The summed E-state index contributed by atoms with van der Waals surface area (Å²) in [5.74, 6) is -0.870. The van der Waals surface area contributed by atoms with Crippen molar-refractivity contribution in [2.45, 2.75) is 12.6 Å². The van der Waals surface area contributed by atoms with Crippen LogP contribution in [0.25, 0.3) is 0 Å². The van der Waals surface area contributed by atoms with E-state index in [0.717, 1.165) is 6.07 Å². The Morgan fingerprint density at radius 2 is 1.96 bits per heavy atom. The average Bonchev–Trinajstić information content (AvgIpc) is 2.63. The number of benzene rings is 1. The zero-order valence-electron chi connectivity index (χ0n) is 13.1. The molecule has 0 bridgehead atoms. The summed E-state index contributed by atoms with van der Waals surface area (Å²) in [5, 5.41) is 22.4. The van der Waals surface area contributed by atoms with E-state index in [-0.39, 0.29) is 17.1 Å². The molecule has 0 fully saturated rings. The van der Waals surface area contributed by atoms with Crippen molar-refractivity contribution >= 4 is 5.82 Å². The van der Waals surface area contributed by atoms with Crippen LogP contribution in [-0.2, 0) is 6.61 Å². The van der Waals surface area contributed by atoms with Gasteiger partial charge in [0.15, 0.2) is 11.8 Å². The van der Waals surface area contributed by atoms with Gasteiger partial charge in [0.05, 0.1) is 6.20 Å². The summed E-state index contributed by atoms with van der Waals surface area (Å²) >= 11 is 0. The first-order valence-electron chi connectivity index (χ1n) is 7.54. The normalized spacial score (nSPS) is 11.9. The fourth-order valence-electron chi connectivity index (χ4n) is 2.46. The van der Waals surface area contributed by atoms with Crippen LogP contribution in [0.4, 0.5) is 10.2 Å². The van der Waals surface area contributed by atoms with Crippen molar-refractivity contribution in [3.8, 4) is 5.75 Å². The van der Waals surface area contributed by atoms with Crippen molar-refractivity contribution in [3.63, 3.8) is 0 Å². The predicted octanol–water partition coefficient (Wildman–Crippen LogP) is 1.99. The van der Waals surface area contributed by atoms with E-state index in [4.69, 9.17) is 4.42 Å². The molecule has 0 saturated carbocycles. The van der Waals surface area contributed by atoms with Gasteiger partial charge in [0, 0.05) is 17.7 Å². The molecule has 25 heavy (non-hydrogen) atoms. The van der Waals surface area contributed by atoms with Gasteiger partial charge < -0.3 is 14.6 Å². The number of nitrogens with one attached hydrogen (secondary N) is 2. The highest BCUT2D eigenvalue weighted by Crippen LogP contribution is 2.31. The fraction of sp³-hybridized carbons (Fsp3) is 0.111. The van der Waals surface area contributed by atoms with Crippen LogP contribution in [0, 0.1) is 5.82 Å². The van der Waals surface area contributed by atoms with Crippen molar-refractivity contribution < 1.29 is 24.0 Å². The molecule has 0 aliphatic rings. The summed E-state index contributed by atoms with van der Waals surface area (Å²) in [4.78, 5) is 14.9. The Kier molecular flexibility index (Phi) is 4.76. The molecule has 0 saturated heterocycles. The molecule has 0 amide bonds. The molecule has 7 heteroatoms. The van der Waals surface area contributed by atoms with Gasteiger partial charge in [-0.2, -0.15) is 0 Å². The summed E-state index contributed by atoms with van der Waals surface area (Å²) in [7, 11) is 0. The lowest BCUT2D eigenvalue weighted by atomic mass is 10.0. The molecule has 2 heterocycles. The molecule has 128 valence electrons. The van der Waals surface area contributed by atoms with Crippen molar-refractivity contribution in [1.29, 1.82) is 0 Å². The largest absolute Gasteiger partial charge is 0.502 e. The Balaban J connectivity index is 2.16. The van der Waals surface area contributed by atoms with Crippen LogP contribution in [0.2, 0.25) is 0 Å². The first-order valence-corrected chi connectivity index (χ1v) is 7.54. The first-order chi connectivity index (χ1) is 12.1. The number of H-pyrrole nitrogens is 1. The molecule has 4 N–H and O–H groups in total. The van der Waals surface area contributed by atoms with E-state index in [1.165, 1.54) is 18.2 Å². The van der Waals surface area contributed by atoms with Gasteiger partial charge in [-0.15, -0.1) is 0 Å². The molecule has 0 radical (unpaired) electrons. The smallest absolute Gasteiger partial charge is 0.273 e. The summed E-state index contributed by atoms with van der Waals surface area (Å²) in [6, 6.07) is 11.2. The van der Waals surface area contributed by atoms with Crippen molar-refractivity contribution in [3.05, 3.63) is 87.9 Å². The number of aromatic amines is 1. The number of aliphatic hydroxyl groups is 1. The maximum Gasteiger partial charge on any atom is 0.273 e. The van der Waals surface area contributed by atoms with Gasteiger partial charge in [0.1, 0.15) is 18.2 Å². The van der Waals surface area contributed by atoms with Gasteiger partial charge in [-0.05, 0) is 12.1 Å². The third-order valence-electron chi connectivity index (χ3n) is 3.64. The average molecular weight is 343 g/mol.